The highest BCUT2D eigenvalue weighted by atomic mass is 35.5. The van der Waals surface area contributed by atoms with Gasteiger partial charge in [0.05, 0.1) is 0 Å². The molecule has 3 rings (SSSR count). The van der Waals surface area contributed by atoms with Gasteiger partial charge in [-0.2, -0.15) is 0 Å². The van der Waals surface area contributed by atoms with Crippen LogP contribution in [0.2, 0.25) is 0 Å². The summed E-state index contributed by atoms with van der Waals surface area (Å²) in [6.07, 6.45) is 2.84. The van der Waals surface area contributed by atoms with Gasteiger partial charge in [0, 0.05) is 24.8 Å². The first-order valence-electron chi connectivity index (χ1n) is 8.98. The van der Waals surface area contributed by atoms with E-state index in [1.54, 1.807) is 4.90 Å². The Morgan fingerprint density at radius 1 is 1.28 bits per heavy atom. The molecular weight excluding hydrogens is 338 g/mol. The van der Waals surface area contributed by atoms with E-state index >= 15 is 0 Å². The molecule has 2 unspecified atom stereocenters. The van der Waals surface area contributed by atoms with Crippen LogP contribution in [-0.4, -0.2) is 37.5 Å². The Kier molecular flexibility index (Phi) is 6.85. The maximum absolute atomic E-state index is 12.6. The van der Waals surface area contributed by atoms with Gasteiger partial charge < -0.3 is 15.5 Å². The molecule has 2 fully saturated rings. The number of hydrogen-bond donors (Lipinski definition) is 2. The summed E-state index contributed by atoms with van der Waals surface area (Å²) >= 11 is 0. The number of rotatable bonds is 5. The molecule has 0 radical (unpaired) electrons. The van der Waals surface area contributed by atoms with Crippen LogP contribution in [0.5, 0.6) is 0 Å². The Morgan fingerprint density at radius 3 is 2.60 bits per heavy atom. The summed E-state index contributed by atoms with van der Waals surface area (Å²) in [5, 5.41) is 6.30. The van der Waals surface area contributed by atoms with Crippen LogP contribution in [0.25, 0.3) is 0 Å². The highest BCUT2D eigenvalue weighted by Crippen LogP contribution is 2.27. The third-order valence-corrected chi connectivity index (χ3v) is 5.08. The average Bonchev–Trinajstić information content (AvgIpc) is 3.22. The number of halogens is 1. The second-order valence-electron chi connectivity index (χ2n) is 7.12. The molecule has 1 aromatic carbocycles. The lowest BCUT2D eigenvalue weighted by Crippen LogP contribution is -2.42. The van der Waals surface area contributed by atoms with Crippen molar-refractivity contribution in [3.05, 3.63) is 29.8 Å². The summed E-state index contributed by atoms with van der Waals surface area (Å²) in [6, 6.07) is 8.44. The van der Waals surface area contributed by atoms with Crippen LogP contribution in [0, 0.1) is 5.92 Å². The van der Waals surface area contributed by atoms with Crippen LogP contribution in [0.4, 0.5) is 5.69 Å². The number of carbonyl (C=O) groups excluding carboxylic acids is 2. The Morgan fingerprint density at radius 2 is 2.00 bits per heavy atom. The van der Waals surface area contributed by atoms with Crippen LogP contribution in [0.1, 0.15) is 44.6 Å². The van der Waals surface area contributed by atoms with Crippen molar-refractivity contribution in [2.45, 2.75) is 45.1 Å². The number of anilines is 1. The fourth-order valence-corrected chi connectivity index (χ4v) is 3.50. The molecule has 5 nitrogen and oxygen atoms in total. The lowest BCUT2D eigenvalue weighted by molar-refractivity contribution is -0.132. The average molecular weight is 366 g/mol. The molecule has 2 atom stereocenters. The third-order valence-electron chi connectivity index (χ3n) is 5.08. The van der Waals surface area contributed by atoms with Crippen LogP contribution in [-0.2, 0) is 9.59 Å². The second-order valence-corrected chi connectivity index (χ2v) is 7.12. The molecule has 138 valence electrons. The van der Waals surface area contributed by atoms with Crippen molar-refractivity contribution in [3.63, 3.8) is 0 Å². The van der Waals surface area contributed by atoms with Gasteiger partial charge in [0.2, 0.25) is 11.8 Å². The zero-order valence-electron chi connectivity index (χ0n) is 15.0. The van der Waals surface area contributed by atoms with Gasteiger partial charge in [0.1, 0.15) is 5.92 Å². The zero-order valence-corrected chi connectivity index (χ0v) is 15.8. The normalized spacial score (nSPS) is 23.0. The summed E-state index contributed by atoms with van der Waals surface area (Å²) in [5.74, 6) is -0.286. The van der Waals surface area contributed by atoms with Gasteiger partial charge in [-0.05, 0) is 49.4 Å². The largest absolute Gasteiger partial charge is 0.354 e. The molecule has 2 saturated heterocycles. The molecule has 6 heteroatoms. The molecule has 2 heterocycles. The lowest BCUT2D eigenvalue weighted by Gasteiger charge is -2.18. The van der Waals surface area contributed by atoms with Crippen molar-refractivity contribution in [3.8, 4) is 0 Å². The number of amides is 2. The topological polar surface area (TPSA) is 61.4 Å². The van der Waals surface area contributed by atoms with Crippen molar-refractivity contribution in [2.75, 3.05) is 24.5 Å². The van der Waals surface area contributed by atoms with E-state index in [4.69, 9.17) is 0 Å². The number of nitrogens with one attached hydrogen (secondary N) is 2. The second kappa shape index (κ2) is 8.68. The van der Waals surface area contributed by atoms with Crippen molar-refractivity contribution in [1.82, 2.24) is 10.6 Å². The van der Waals surface area contributed by atoms with Crippen molar-refractivity contribution < 1.29 is 9.59 Å². The molecule has 0 spiro atoms. The standard InChI is InChI=1S/C19H27N3O2.ClH/c1-13(2)14-5-7-16(8-6-14)22-11-9-17(19(22)24)18(23)21-12-15-4-3-10-20-15;/h5-8,13,15,17,20H,3-4,9-12H2,1-2H3,(H,21,23);1H. The minimum Gasteiger partial charge on any atom is -0.354 e. The summed E-state index contributed by atoms with van der Waals surface area (Å²) in [6.45, 7) is 6.54. The predicted octanol–water partition coefficient (Wildman–Crippen LogP) is 2.45. The van der Waals surface area contributed by atoms with E-state index in [0.29, 0.717) is 31.5 Å². The Balaban J connectivity index is 0.00000225. The first-order chi connectivity index (χ1) is 11.6. The molecule has 2 aliphatic rings. The third kappa shape index (κ3) is 4.53. The highest BCUT2D eigenvalue weighted by Gasteiger charge is 2.37. The van der Waals surface area contributed by atoms with Crippen molar-refractivity contribution in [1.29, 1.82) is 0 Å². The van der Waals surface area contributed by atoms with Crippen molar-refractivity contribution in [2.24, 2.45) is 5.92 Å². The van der Waals surface area contributed by atoms with Crippen molar-refractivity contribution >= 4 is 29.9 Å². The molecule has 2 amide bonds. The molecule has 0 aliphatic carbocycles. The van der Waals surface area contributed by atoms with Crippen LogP contribution < -0.4 is 15.5 Å². The lowest BCUT2D eigenvalue weighted by atomic mass is 10.0. The molecule has 0 saturated carbocycles. The van der Waals surface area contributed by atoms with Gasteiger partial charge in [-0.15, -0.1) is 12.4 Å². The van der Waals surface area contributed by atoms with Crippen LogP contribution >= 0.6 is 12.4 Å². The zero-order chi connectivity index (χ0) is 17.1. The van der Waals surface area contributed by atoms with E-state index in [1.165, 1.54) is 5.56 Å². The molecule has 2 N–H and O–H groups in total. The van der Waals surface area contributed by atoms with Gasteiger partial charge in [0.15, 0.2) is 0 Å². The Hall–Kier alpha value is -1.59. The van der Waals surface area contributed by atoms with Gasteiger partial charge in [-0.25, -0.2) is 0 Å². The van der Waals surface area contributed by atoms with E-state index < -0.39 is 5.92 Å². The molecule has 0 bridgehead atoms. The van der Waals surface area contributed by atoms with Crippen LogP contribution in [0.3, 0.4) is 0 Å². The maximum Gasteiger partial charge on any atom is 0.239 e. The quantitative estimate of drug-likeness (QED) is 0.788. The minimum atomic E-state index is -0.545. The number of benzene rings is 1. The van der Waals surface area contributed by atoms with Gasteiger partial charge in [0.25, 0.3) is 0 Å². The summed E-state index contributed by atoms with van der Waals surface area (Å²) in [4.78, 5) is 26.7. The molecular formula is C19H28ClN3O2. The molecule has 1 aromatic rings. The monoisotopic (exact) mass is 365 g/mol. The summed E-state index contributed by atoms with van der Waals surface area (Å²) in [7, 11) is 0. The predicted molar refractivity (Wildman–Crippen MR) is 102 cm³/mol. The molecule has 2 aliphatic heterocycles. The van der Waals surface area contributed by atoms with E-state index in [0.717, 1.165) is 25.1 Å². The van der Waals surface area contributed by atoms with E-state index in [2.05, 4.69) is 36.6 Å². The highest BCUT2D eigenvalue weighted by molar-refractivity contribution is 6.09. The number of carbonyl (C=O) groups is 2. The summed E-state index contributed by atoms with van der Waals surface area (Å²) in [5.41, 5.74) is 2.14. The molecule has 0 aromatic heterocycles. The Labute approximate surface area is 155 Å². The molecule has 25 heavy (non-hydrogen) atoms. The summed E-state index contributed by atoms with van der Waals surface area (Å²) < 4.78 is 0. The smallest absolute Gasteiger partial charge is 0.239 e. The Bertz CT molecular complexity index is 597. The van der Waals surface area contributed by atoms with Gasteiger partial charge in [-0.3, -0.25) is 9.59 Å². The fourth-order valence-electron chi connectivity index (χ4n) is 3.50. The maximum atomic E-state index is 12.6. The van der Waals surface area contributed by atoms with E-state index in [1.807, 2.05) is 12.1 Å². The first kappa shape index (κ1) is 19.7. The SMILES string of the molecule is CC(C)c1ccc(N2CCC(C(=O)NCC3CCCN3)C2=O)cc1.Cl. The van der Waals surface area contributed by atoms with Crippen LogP contribution in [0.15, 0.2) is 24.3 Å². The first-order valence-corrected chi connectivity index (χ1v) is 8.98. The van der Waals surface area contributed by atoms with Gasteiger partial charge in [-0.1, -0.05) is 26.0 Å². The number of nitrogens with zero attached hydrogens (tertiary/aromatic N) is 1. The minimum absolute atomic E-state index is 0. The van der Waals surface area contributed by atoms with E-state index in [9.17, 15) is 9.59 Å². The van der Waals surface area contributed by atoms with Gasteiger partial charge >= 0.3 is 0 Å². The van der Waals surface area contributed by atoms with E-state index in [-0.39, 0.29) is 24.2 Å². The number of hydrogen-bond acceptors (Lipinski definition) is 3. The fraction of sp³-hybridized carbons (Fsp3) is 0.579.